The summed E-state index contributed by atoms with van der Waals surface area (Å²) in [6, 6.07) is 18.2. The van der Waals surface area contributed by atoms with Gasteiger partial charge in [0.1, 0.15) is 0 Å². The van der Waals surface area contributed by atoms with Crippen molar-refractivity contribution < 1.29 is 14.3 Å². The number of esters is 1. The minimum atomic E-state index is -0.864. The molecule has 2 aromatic rings. The fraction of sp³-hybridized carbons (Fsp3) is 0.125. The first-order valence-electron chi connectivity index (χ1n) is 6.15. The molecule has 0 fully saturated rings. The van der Waals surface area contributed by atoms with Gasteiger partial charge in [0.15, 0.2) is 0 Å². The fourth-order valence-electron chi connectivity index (χ4n) is 1.64. The Labute approximate surface area is 122 Å². The van der Waals surface area contributed by atoms with Gasteiger partial charge >= 0.3 is 5.97 Å². The van der Waals surface area contributed by atoms with E-state index in [1.165, 1.54) is 18.7 Å². The van der Waals surface area contributed by atoms with Crippen molar-refractivity contribution in [3.63, 3.8) is 0 Å². The van der Waals surface area contributed by atoms with Crippen molar-refractivity contribution >= 4 is 23.5 Å². The van der Waals surface area contributed by atoms with Gasteiger partial charge in [-0.15, -0.1) is 0 Å². The summed E-state index contributed by atoms with van der Waals surface area (Å²) in [5.74, 6) is -0.683. The molecule has 0 aliphatic carbocycles. The molecular weight excluding hydrogens is 272 g/mol. The van der Waals surface area contributed by atoms with Crippen LogP contribution in [0.15, 0.2) is 65.6 Å². The Morgan fingerprint density at radius 3 is 2.05 bits per heavy atom. The number of benzene rings is 2. The summed E-state index contributed by atoms with van der Waals surface area (Å²) in [6.07, 6.45) is 0. The average molecular weight is 286 g/mol. The van der Waals surface area contributed by atoms with Crippen molar-refractivity contribution in [3.05, 3.63) is 66.2 Å². The van der Waals surface area contributed by atoms with Crippen molar-refractivity contribution in [1.29, 1.82) is 0 Å². The van der Waals surface area contributed by atoms with Crippen LogP contribution in [-0.4, -0.2) is 17.2 Å². The number of rotatable bonds is 5. The summed E-state index contributed by atoms with van der Waals surface area (Å²) < 4.78 is 5.14. The van der Waals surface area contributed by atoms with Crippen molar-refractivity contribution in [2.45, 2.75) is 17.3 Å². The van der Waals surface area contributed by atoms with E-state index in [-0.39, 0.29) is 5.78 Å². The van der Waals surface area contributed by atoms with Crippen LogP contribution < -0.4 is 0 Å². The molecule has 2 rings (SSSR count). The van der Waals surface area contributed by atoms with E-state index < -0.39 is 11.4 Å². The Morgan fingerprint density at radius 1 is 0.950 bits per heavy atom. The molecular formula is C16H14O3S. The monoisotopic (exact) mass is 286 g/mol. The second kappa shape index (κ2) is 6.91. The van der Waals surface area contributed by atoms with Crippen LogP contribution in [0.1, 0.15) is 17.3 Å². The van der Waals surface area contributed by atoms with Crippen LogP contribution in [0, 0.1) is 0 Å². The summed E-state index contributed by atoms with van der Waals surface area (Å²) in [5.41, 5.74) is -0.334. The molecule has 0 amide bonds. The van der Waals surface area contributed by atoms with E-state index in [9.17, 15) is 9.59 Å². The molecule has 0 bridgehead atoms. The van der Waals surface area contributed by atoms with Crippen molar-refractivity contribution in [2.75, 3.05) is 0 Å². The highest BCUT2D eigenvalue weighted by molar-refractivity contribution is 8.00. The SMILES string of the molecule is CC(=O)OC(Sc1ccccc1)C(=O)c1ccccc1. The highest BCUT2D eigenvalue weighted by atomic mass is 32.2. The van der Waals surface area contributed by atoms with E-state index in [1.807, 2.05) is 36.4 Å². The van der Waals surface area contributed by atoms with E-state index in [2.05, 4.69) is 0 Å². The first-order chi connectivity index (χ1) is 9.66. The Kier molecular flexibility index (Phi) is 4.96. The smallest absolute Gasteiger partial charge is 0.304 e. The summed E-state index contributed by atoms with van der Waals surface area (Å²) in [6.45, 7) is 1.30. The molecule has 20 heavy (non-hydrogen) atoms. The lowest BCUT2D eigenvalue weighted by atomic mass is 10.1. The predicted octanol–water partition coefficient (Wildman–Crippen LogP) is 3.55. The molecule has 4 heteroatoms. The van der Waals surface area contributed by atoms with E-state index in [1.54, 1.807) is 24.3 Å². The van der Waals surface area contributed by atoms with Crippen LogP contribution in [0.25, 0.3) is 0 Å². The van der Waals surface area contributed by atoms with Gasteiger partial charge in [0.05, 0.1) is 0 Å². The minimum absolute atomic E-state index is 0.213. The number of ether oxygens (including phenoxy) is 1. The Balaban J connectivity index is 2.19. The number of ketones is 1. The van der Waals surface area contributed by atoms with Gasteiger partial charge in [-0.2, -0.15) is 0 Å². The minimum Gasteiger partial charge on any atom is -0.443 e. The summed E-state index contributed by atoms with van der Waals surface area (Å²) in [4.78, 5) is 24.5. The van der Waals surface area contributed by atoms with Crippen molar-refractivity contribution in [3.8, 4) is 0 Å². The number of thioether (sulfide) groups is 1. The van der Waals surface area contributed by atoms with E-state index >= 15 is 0 Å². The molecule has 0 heterocycles. The number of carbonyl (C=O) groups is 2. The topological polar surface area (TPSA) is 43.4 Å². The predicted molar refractivity (Wildman–Crippen MR) is 78.6 cm³/mol. The van der Waals surface area contributed by atoms with Gasteiger partial charge in [-0.05, 0) is 12.1 Å². The van der Waals surface area contributed by atoms with Gasteiger partial charge in [0.25, 0.3) is 0 Å². The summed E-state index contributed by atoms with van der Waals surface area (Å²) in [7, 11) is 0. The van der Waals surface area contributed by atoms with Crippen LogP contribution in [-0.2, 0) is 9.53 Å². The third kappa shape index (κ3) is 3.96. The van der Waals surface area contributed by atoms with Crippen LogP contribution >= 0.6 is 11.8 Å². The lowest BCUT2D eigenvalue weighted by Crippen LogP contribution is -2.23. The van der Waals surface area contributed by atoms with E-state index in [0.717, 1.165) is 4.90 Å². The number of Topliss-reactive ketones (excluding diaryl/α,β-unsaturated/α-hetero) is 1. The van der Waals surface area contributed by atoms with E-state index in [4.69, 9.17) is 4.74 Å². The standard InChI is InChI=1S/C16H14O3S/c1-12(17)19-16(20-14-10-6-3-7-11-14)15(18)13-8-4-2-5-9-13/h2-11,16H,1H3. The summed E-state index contributed by atoms with van der Waals surface area (Å²) >= 11 is 1.23. The van der Waals surface area contributed by atoms with Gasteiger partial charge < -0.3 is 4.74 Å². The maximum absolute atomic E-state index is 12.4. The zero-order valence-corrected chi connectivity index (χ0v) is 11.8. The quantitative estimate of drug-likeness (QED) is 0.365. The largest absolute Gasteiger partial charge is 0.443 e. The normalized spacial score (nSPS) is 11.7. The Hall–Kier alpha value is -2.07. The van der Waals surface area contributed by atoms with Crippen LogP contribution in [0.5, 0.6) is 0 Å². The van der Waals surface area contributed by atoms with Gasteiger partial charge in [0, 0.05) is 17.4 Å². The maximum atomic E-state index is 12.4. The Morgan fingerprint density at radius 2 is 1.50 bits per heavy atom. The number of hydrogen-bond acceptors (Lipinski definition) is 4. The van der Waals surface area contributed by atoms with Gasteiger partial charge in [0.2, 0.25) is 11.2 Å². The van der Waals surface area contributed by atoms with Gasteiger partial charge in [-0.25, -0.2) is 0 Å². The van der Waals surface area contributed by atoms with Crippen LogP contribution in [0.4, 0.5) is 0 Å². The molecule has 0 N–H and O–H groups in total. The highest BCUT2D eigenvalue weighted by Crippen LogP contribution is 2.26. The molecule has 0 spiro atoms. The van der Waals surface area contributed by atoms with Crippen molar-refractivity contribution in [2.24, 2.45) is 0 Å². The first-order valence-corrected chi connectivity index (χ1v) is 7.03. The Bertz CT molecular complexity index is 581. The molecule has 102 valence electrons. The molecule has 0 radical (unpaired) electrons. The molecule has 2 aromatic carbocycles. The molecule has 3 nitrogen and oxygen atoms in total. The molecule has 1 atom stereocenters. The van der Waals surface area contributed by atoms with E-state index in [0.29, 0.717) is 5.56 Å². The second-order valence-electron chi connectivity index (χ2n) is 4.10. The molecule has 0 saturated heterocycles. The number of carbonyl (C=O) groups excluding carboxylic acids is 2. The molecule has 0 aromatic heterocycles. The molecule has 0 aliphatic heterocycles. The first kappa shape index (κ1) is 14.3. The molecule has 0 aliphatic rings. The van der Waals surface area contributed by atoms with Crippen molar-refractivity contribution in [1.82, 2.24) is 0 Å². The van der Waals surface area contributed by atoms with Crippen LogP contribution in [0.2, 0.25) is 0 Å². The van der Waals surface area contributed by atoms with Crippen LogP contribution in [0.3, 0.4) is 0 Å². The molecule has 1 unspecified atom stereocenters. The third-order valence-electron chi connectivity index (χ3n) is 2.53. The zero-order valence-electron chi connectivity index (χ0n) is 11.0. The maximum Gasteiger partial charge on any atom is 0.304 e. The molecule has 0 saturated carbocycles. The summed E-state index contributed by atoms with van der Waals surface area (Å²) in [5, 5.41) is 0. The van der Waals surface area contributed by atoms with Gasteiger partial charge in [-0.1, -0.05) is 60.3 Å². The highest BCUT2D eigenvalue weighted by Gasteiger charge is 2.24. The lowest BCUT2D eigenvalue weighted by Gasteiger charge is -2.15. The van der Waals surface area contributed by atoms with Gasteiger partial charge in [-0.3, -0.25) is 9.59 Å². The average Bonchev–Trinajstić information content (AvgIpc) is 2.47. The fourth-order valence-corrected chi connectivity index (χ4v) is 2.63. The third-order valence-corrected chi connectivity index (χ3v) is 3.60. The zero-order chi connectivity index (χ0) is 14.4. The number of hydrogen-bond donors (Lipinski definition) is 0. The second-order valence-corrected chi connectivity index (χ2v) is 5.24. The lowest BCUT2D eigenvalue weighted by molar-refractivity contribution is -0.141.